The maximum absolute atomic E-state index is 11.6. The van der Waals surface area contributed by atoms with Gasteiger partial charge < -0.3 is 0 Å². The van der Waals surface area contributed by atoms with E-state index in [-0.39, 0.29) is 5.78 Å². The molecule has 0 atom stereocenters. The Bertz CT molecular complexity index is 538. The van der Waals surface area contributed by atoms with E-state index in [2.05, 4.69) is 22.0 Å². The molecule has 0 aromatic heterocycles. The maximum atomic E-state index is 11.6. The standard InChI is InChI=1S/C15H13BrO/c1-10-7-12(8-11(2)15(10)17)9-13-5-3-4-6-14(13)16/h3-9H,1-2H3. The fourth-order valence-corrected chi connectivity index (χ4v) is 2.24. The van der Waals surface area contributed by atoms with Gasteiger partial charge in [0.15, 0.2) is 5.78 Å². The normalized spacial score (nSPS) is 15.5. The van der Waals surface area contributed by atoms with E-state index in [0.717, 1.165) is 26.8 Å². The number of carbonyl (C=O) groups is 1. The van der Waals surface area contributed by atoms with Crippen LogP contribution in [0.4, 0.5) is 0 Å². The Morgan fingerprint density at radius 3 is 2.24 bits per heavy atom. The molecule has 1 aliphatic rings. The average molecular weight is 289 g/mol. The minimum Gasteiger partial charge on any atom is -0.289 e. The minimum absolute atomic E-state index is 0.134. The number of hydrogen-bond acceptors (Lipinski definition) is 1. The number of benzene rings is 1. The summed E-state index contributed by atoms with van der Waals surface area (Å²) in [5.74, 6) is 0.134. The smallest absolute Gasteiger partial charge is 0.184 e. The number of rotatable bonds is 1. The molecule has 0 aliphatic heterocycles. The van der Waals surface area contributed by atoms with Crippen LogP contribution in [0.2, 0.25) is 0 Å². The van der Waals surface area contributed by atoms with E-state index in [1.165, 1.54) is 0 Å². The average Bonchev–Trinajstić information content (AvgIpc) is 2.29. The summed E-state index contributed by atoms with van der Waals surface area (Å²) >= 11 is 3.51. The lowest BCUT2D eigenvalue weighted by molar-refractivity contribution is -0.112. The van der Waals surface area contributed by atoms with E-state index in [1.54, 1.807) is 0 Å². The summed E-state index contributed by atoms with van der Waals surface area (Å²) < 4.78 is 1.06. The van der Waals surface area contributed by atoms with Crippen molar-refractivity contribution in [3.05, 3.63) is 63.2 Å². The molecular formula is C15H13BrO. The van der Waals surface area contributed by atoms with Crippen molar-refractivity contribution in [2.75, 3.05) is 0 Å². The van der Waals surface area contributed by atoms with Gasteiger partial charge in [0.2, 0.25) is 0 Å². The zero-order chi connectivity index (χ0) is 12.4. The fraction of sp³-hybridized carbons (Fsp3) is 0.133. The molecule has 0 unspecified atom stereocenters. The molecular weight excluding hydrogens is 276 g/mol. The van der Waals surface area contributed by atoms with Crippen LogP contribution in [0.15, 0.2) is 57.6 Å². The Labute approximate surface area is 110 Å². The fourth-order valence-electron chi connectivity index (χ4n) is 1.84. The van der Waals surface area contributed by atoms with E-state index < -0.39 is 0 Å². The van der Waals surface area contributed by atoms with E-state index in [9.17, 15) is 4.79 Å². The molecule has 0 amide bonds. The molecule has 0 spiro atoms. The van der Waals surface area contributed by atoms with Crippen molar-refractivity contribution in [2.24, 2.45) is 0 Å². The van der Waals surface area contributed by atoms with Crippen molar-refractivity contribution in [1.82, 2.24) is 0 Å². The molecule has 1 aromatic rings. The van der Waals surface area contributed by atoms with Crippen molar-refractivity contribution in [3.8, 4) is 0 Å². The van der Waals surface area contributed by atoms with Gasteiger partial charge in [-0.3, -0.25) is 4.79 Å². The molecule has 0 bridgehead atoms. The summed E-state index contributed by atoms with van der Waals surface area (Å²) in [4.78, 5) is 11.6. The molecule has 0 heterocycles. The zero-order valence-corrected chi connectivity index (χ0v) is 11.4. The first-order chi connectivity index (χ1) is 8.08. The molecule has 1 aliphatic carbocycles. The Morgan fingerprint density at radius 1 is 1.06 bits per heavy atom. The Morgan fingerprint density at radius 2 is 1.65 bits per heavy atom. The van der Waals surface area contributed by atoms with Gasteiger partial charge in [-0.25, -0.2) is 0 Å². The third kappa shape index (κ3) is 2.64. The van der Waals surface area contributed by atoms with Gasteiger partial charge >= 0.3 is 0 Å². The van der Waals surface area contributed by atoms with Gasteiger partial charge in [0.05, 0.1) is 0 Å². The van der Waals surface area contributed by atoms with Gasteiger partial charge in [0.1, 0.15) is 0 Å². The summed E-state index contributed by atoms with van der Waals surface area (Å²) in [7, 11) is 0. The van der Waals surface area contributed by atoms with Gasteiger partial charge in [-0.05, 0) is 60.4 Å². The zero-order valence-electron chi connectivity index (χ0n) is 9.83. The third-order valence-corrected chi connectivity index (χ3v) is 3.43. The van der Waals surface area contributed by atoms with Crippen LogP contribution in [0, 0.1) is 0 Å². The monoisotopic (exact) mass is 288 g/mol. The van der Waals surface area contributed by atoms with Crippen LogP contribution in [-0.2, 0) is 4.79 Å². The summed E-state index contributed by atoms with van der Waals surface area (Å²) in [5.41, 5.74) is 3.77. The van der Waals surface area contributed by atoms with Gasteiger partial charge in [0, 0.05) is 4.47 Å². The molecule has 2 rings (SSSR count). The van der Waals surface area contributed by atoms with Gasteiger partial charge in [-0.1, -0.05) is 34.1 Å². The molecule has 86 valence electrons. The lowest BCUT2D eigenvalue weighted by Crippen LogP contribution is -2.05. The molecule has 0 saturated carbocycles. The van der Waals surface area contributed by atoms with Gasteiger partial charge in [-0.15, -0.1) is 0 Å². The molecule has 0 N–H and O–H groups in total. The topological polar surface area (TPSA) is 17.1 Å². The van der Waals surface area contributed by atoms with Crippen LogP contribution in [-0.4, -0.2) is 5.78 Å². The van der Waals surface area contributed by atoms with Crippen LogP contribution < -0.4 is 0 Å². The predicted octanol–water partition coefficient (Wildman–Crippen LogP) is 4.31. The predicted molar refractivity (Wildman–Crippen MR) is 74.6 cm³/mol. The number of allylic oxidation sites excluding steroid dienone is 5. The second-order valence-electron chi connectivity index (χ2n) is 4.15. The number of Topliss-reactive ketones (excluding diaryl/α,β-unsaturated/α-hetero) is 1. The largest absolute Gasteiger partial charge is 0.289 e. The van der Waals surface area contributed by atoms with Crippen LogP contribution >= 0.6 is 15.9 Å². The molecule has 0 saturated heterocycles. The highest BCUT2D eigenvalue weighted by Gasteiger charge is 2.12. The van der Waals surface area contributed by atoms with E-state index in [4.69, 9.17) is 0 Å². The quantitative estimate of drug-likeness (QED) is 0.753. The Kier molecular flexibility index (Phi) is 3.43. The van der Waals surface area contributed by atoms with Gasteiger partial charge in [-0.2, -0.15) is 0 Å². The van der Waals surface area contributed by atoms with Crippen LogP contribution in [0.5, 0.6) is 0 Å². The highest BCUT2D eigenvalue weighted by molar-refractivity contribution is 9.10. The number of carbonyl (C=O) groups excluding carboxylic acids is 1. The molecule has 0 fully saturated rings. The van der Waals surface area contributed by atoms with Crippen molar-refractivity contribution in [2.45, 2.75) is 13.8 Å². The highest BCUT2D eigenvalue weighted by atomic mass is 79.9. The first kappa shape index (κ1) is 12.1. The Balaban J connectivity index is 2.43. The van der Waals surface area contributed by atoms with E-state index in [1.807, 2.05) is 50.3 Å². The molecule has 17 heavy (non-hydrogen) atoms. The number of hydrogen-bond donors (Lipinski definition) is 0. The lowest BCUT2D eigenvalue weighted by Gasteiger charge is -2.09. The second-order valence-corrected chi connectivity index (χ2v) is 5.00. The summed E-state index contributed by atoms with van der Waals surface area (Å²) in [6, 6.07) is 8.03. The van der Waals surface area contributed by atoms with E-state index >= 15 is 0 Å². The summed E-state index contributed by atoms with van der Waals surface area (Å²) in [6.45, 7) is 3.71. The van der Waals surface area contributed by atoms with Crippen molar-refractivity contribution in [1.29, 1.82) is 0 Å². The Hall–Kier alpha value is -1.41. The first-order valence-electron chi connectivity index (χ1n) is 5.45. The van der Waals surface area contributed by atoms with Crippen LogP contribution in [0.1, 0.15) is 19.4 Å². The summed E-state index contributed by atoms with van der Waals surface area (Å²) in [5, 5.41) is 0. The SMILES string of the molecule is CC1=CC(=Cc2ccccc2Br)C=C(C)C1=O. The number of halogens is 1. The molecule has 2 heteroatoms. The summed E-state index contributed by atoms with van der Waals surface area (Å²) in [6.07, 6.45) is 5.92. The highest BCUT2D eigenvalue weighted by Crippen LogP contribution is 2.23. The number of ketones is 1. The van der Waals surface area contributed by atoms with Crippen LogP contribution in [0.25, 0.3) is 6.08 Å². The second kappa shape index (κ2) is 4.84. The molecule has 0 radical (unpaired) electrons. The lowest BCUT2D eigenvalue weighted by atomic mass is 9.95. The van der Waals surface area contributed by atoms with Crippen molar-refractivity contribution in [3.63, 3.8) is 0 Å². The van der Waals surface area contributed by atoms with Gasteiger partial charge in [0.25, 0.3) is 0 Å². The van der Waals surface area contributed by atoms with Crippen molar-refractivity contribution < 1.29 is 4.79 Å². The van der Waals surface area contributed by atoms with Crippen LogP contribution in [0.3, 0.4) is 0 Å². The minimum atomic E-state index is 0.134. The molecule has 1 nitrogen and oxygen atoms in total. The van der Waals surface area contributed by atoms with E-state index in [0.29, 0.717) is 0 Å². The van der Waals surface area contributed by atoms with Crippen molar-refractivity contribution >= 4 is 27.8 Å². The molecule has 1 aromatic carbocycles. The third-order valence-electron chi connectivity index (χ3n) is 2.71. The first-order valence-corrected chi connectivity index (χ1v) is 6.25. The maximum Gasteiger partial charge on any atom is 0.184 e.